The fourth-order valence-electron chi connectivity index (χ4n) is 2.94. The van der Waals surface area contributed by atoms with Crippen LogP contribution < -0.4 is 10.2 Å². The van der Waals surface area contributed by atoms with Gasteiger partial charge in [0.05, 0.1) is 12.1 Å². The number of H-pyrrole nitrogens is 1. The van der Waals surface area contributed by atoms with Gasteiger partial charge in [-0.15, -0.1) is 0 Å². The van der Waals surface area contributed by atoms with Crippen LogP contribution in [0.25, 0.3) is 10.9 Å². The number of nitrogens with one attached hydrogen (secondary N) is 2. The van der Waals surface area contributed by atoms with Crippen LogP contribution in [-0.4, -0.2) is 22.8 Å². The van der Waals surface area contributed by atoms with Gasteiger partial charge in [-0.2, -0.15) is 0 Å². The molecule has 3 aromatic rings. The second kappa shape index (κ2) is 5.79. The van der Waals surface area contributed by atoms with Gasteiger partial charge in [-0.1, -0.05) is 22.0 Å². The monoisotopic (exact) mass is 383 g/mol. The number of nitrogens with zero attached hydrogens (tertiary/aromatic N) is 1. The van der Waals surface area contributed by atoms with Gasteiger partial charge in [-0.05, 0) is 47.9 Å². The van der Waals surface area contributed by atoms with Crippen molar-refractivity contribution < 1.29 is 9.59 Å². The van der Waals surface area contributed by atoms with Gasteiger partial charge in [0.2, 0.25) is 5.91 Å². The van der Waals surface area contributed by atoms with E-state index in [0.29, 0.717) is 5.69 Å². The maximum absolute atomic E-state index is 12.6. The summed E-state index contributed by atoms with van der Waals surface area (Å²) in [4.78, 5) is 29.3. The molecule has 2 amide bonds. The van der Waals surface area contributed by atoms with Crippen molar-refractivity contribution in [3.63, 3.8) is 0 Å². The topological polar surface area (TPSA) is 65.2 Å². The quantitative estimate of drug-likeness (QED) is 0.678. The highest BCUT2D eigenvalue weighted by atomic mass is 79.9. The molecule has 0 radical (unpaired) electrons. The van der Waals surface area contributed by atoms with E-state index in [-0.39, 0.29) is 18.2 Å². The highest BCUT2D eigenvalue weighted by Gasteiger charge is 2.39. The maximum Gasteiger partial charge on any atom is 0.256 e. The summed E-state index contributed by atoms with van der Waals surface area (Å²) in [5.74, 6) is -0.422. The van der Waals surface area contributed by atoms with Gasteiger partial charge < -0.3 is 10.3 Å². The molecule has 2 N–H and O–H groups in total. The van der Waals surface area contributed by atoms with E-state index in [0.717, 1.165) is 21.1 Å². The predicted molar refractivity (Wildman–Crippen MR) is 97.0 cm³/mol. The first-order chi connectivity index (χ1) is 11.6. The van der Waals surface area contributed by atoms with E-state index in [4.69, 9.17) is 0 Å². The number of imide groups is 1. The van der Waals surface area contributed by atoms with E-state index in [1.54, 1.807) is 12.1 Å². The molecule has 0 spiro atoms. The minimum Gasteiger partial charge on any atom is -0.373 e. The van der Waals surface area contributed by atoms with Crippen molar-refractivity contribution in [3.05, 3.63) is 59.2 Å². The first kappa shape index (κ1) is 15.0. The van der Waals surface area contributed by atoms with Crippen molar-refractivity contribution in [2.75, 3.05) is 10.2 Å². The number of aromatic nitrogens is 1. The van der Waals surface area contributed by atoms with Crippen molar-refractivity contribution in [3.8, 4) is 0 Å². The van der Waals surface area contributed by atoms with Crippen LogP contribution in [0, 0.1) is 0 Å². The number of carbonyl (C=O) groups excluding carboxylic acids is 2. The lowest BCUT2D eigenvalue weighted by atomic mass is 10.2. The summed E-state index contributed by atoms with van der Waals surface area (Å²) in [5, 5.41) is 4.28. The van der Waals surface area contributed by atoms with E-state index >= 15 is 0 Å². The number of halogens is 1. The van der Waals surface area contributed by atoms with E-state index in [1.807, 2.05) is 42.6 Å². The van der Waals surface area contributed by atoms with E-state index < -0.39 is 6.04 Å². The molecule has 0 bridgehead atoms. The van der Waals surface area contributed by atoms with E-state index in [1.165, 1.54) is 4.90 Å². The summed E-state index contributed by atoms with van der Waals surface area (Å²) in [6, 6.07) is 14.4. The minimum absolute atomic E-state index is 0.150. The van der Waals surface area contributed by atoms with Gasteiger partial charge in [0, 0.05) is 21.9 Å². The molecular weight excluding hydrogens is 370 g/mol. The number of anilines is 2. The average Bonchev–Trinajstić information content (AvgIpc) is 3.13. The van der Waals surface area contributed by atoms with Crippen molar-refractivity contribution in [1.29, 1.82) is 0 Å². The third-order valence-electron chi connectivity index (χ3n) is 4.13. The van der Waals surface area contributed by atoms with Gasteiger partial charge in [-0.25, -0.2) is 4.90 Å². The van der Waals surface area contributed by atoms with Crippen LogP contribution >= 0.6 is 15.9 Å². The highest BCUT2D eigenvalue weighted by Crippen LogP contribution is 2.27. The number of hydrogen-bond acceptors (Lipinski definition) is 3. The molecule has 0 aliphatic carbocycles. The van der Waals surface area contributed by atoms with Crippen molar-refractivity contribution >= 4 is 50.0 Å². The van der Waals surface area contributed by atoms with Gasteiger partial charge in [0.25, 0.3) is 5.91 Å². The Morgan fingerprint density at radius 2 is 1.88 bits per heavy atom. The van der Waals surface area contributed by atoms with Crippen LogP contribution in [-0.2, 0) is 9.59 Å². The molecule has 1 aliphatic rings. The Kier molecular flexibility index (Phi) is 3.61. The smallest absolute Gasteiger partial charge is 0.256 e. The Morgan fingerprint density at radius 1 is 1.08 bits per heavy atom. The summed E-state index contributed by atoms with van der Waals surface area (Å²) in [5.41, 5.74) is 2.40. The van der Waals surface area contributed by atoms with Crippen molar-refractivity contribution in [2.45, 2.75) is 12.5 Å². The minimum atomic E-state index is -0.548. The third-order valence-corrected chi connectivity index (χ3v) is 4.66. The number of rotatable bonds is 3. The molecule has 6 heteroatoms. The Balaban J connectivity index is 1.57. The molecule has 120 valence electrons. The van der Waals surface area contributed by atoms with Gasteiger partial charge in [0.1, 0.15) is 6.04 Å². The lowest BCUT2D eigenvalue weighted by molar-refractivity contribution is -0.121. The van der Waals surface area contributed by atoms with Crippen LogP contribution in [0.2, 0.25) is 0 Å². The SMILES string of the molecule is O=C1C[C@H](Nc2ccc3cc[nH]c3c2)C(=O)N1c1ccc(Br)cc1. The zero-order valence-corrected chi connectivity index (χ0v) is 14.2. The number of aromatic amines is 1. The summed E-state index contributed by atoms with van der Waals surface area (Å²) < 4.78 is 0.902. The Morgan fingerprint density at radius 3 is 2.67 bits per heavy atom. The lowest BCUT2D eigenvalue weighted by Crippen LogP contribution is -2.34. The molecule has 1 atom stereocenters. The first-order valence-corrected chi connectivity index (χ1v) is 8.37. The molecule has 1 aromatic heterocycles. The fraction of sp³-hybridized carbons (Fsp3) is 0.111. The first-order valence-electron chi connectivity index (χ1n) is 7.58. The highest BCUT2D eigenvalue weighted by molar-refractivity contribution is 9.10. The van der Waals surface area contributed by atoms with Crippen LogP contribution in [0.1, 0.15) is 6.42 Å². The maximum atomic E-state index is 12.6. The molecule has 0 unspecified atom stereocenters. The molecule has 2 aromatic carbocycles. The number of hydrogen-bond donors (Lipinski definition) is 2. The van der Waals surface area contributed by atoms with E-state index in [2.05, 4.69) is 26.2 Å². The Hall–Kier alpha value is -2.60. The predicted octanol–water partition coefficient (Wildman–Crippen LogP) is 3.67. The second-order valence-electron chi connectivity index (χ2n) is 5.72. The lowest BCUT2D eigenvalue weighted by Gasteiger charge is -2.16. The largest absolute Gasteiger partial charge is 0.373 e. The van der Waals surface area contributed by atoms with Gasteiger partial charge >= 0.3 is 0 Å². The standard InChI is InChI=1S/C18H14BrN3O2/c19-12-2-5-14(6-3-12)22-17(23)10-16(18(22)24)21-13-4-1-11-7-8-20-15(11)9-13/h1-9,16,20-21H,10H2/t16-/m0/s1. The number of carbonyl (C=O) groups is 2. The summed E-state index contributed by atoms with van der Waals surface area (Å²) >= 11 is 3.35. The Bertz CT molecular complexity index is 933. The number of benzene rings is 2. The average molecular weight is 384 g/mol. The van der Waals surface area contributed by atoms with Crippen LogP contribution in [0.3, 0.4) is 0 Å². The molecule has 1 fully saturated rings. The van der Waals surface area contributed by atoms with Crippen LogP contribution in [0.15, 0.2) is 59.2 Å². The molecule has 0 saturated carbocycles. The zero-order chi connectivity index (χ0) is 16.7. The molecular formula is C18H14BrN3O2. The van der Waals surface area contributed by atoms with Crippen molar-refractivity contribution in [1.82, 2.24) is 4.98 Å². The Labute approximate surface area is 146 Å². The fourth-order valence-corrected chi connectivity index (χ4v) is 3.21. The molecule has 2 heterocycles. The number of fused-ring (bicyclic) bond motifs is 1. The second-order valence-corrected chi connectivity index (χ2v) is 6.64. The van der Waals surface area contributed by atoms with Crippen LogP contribution in [0.4, 0.5) is 11.4 Å². The van der Waals surface area contributed by atoms with Gasteiger partial charge in [0.15, 0.2) is 0 Å². The molecule has 1 aliphatic heterocycles. The van der Waals surface area contributed by atoms with Crippen LogP contribution in [0.5, 0.6) is 0 Å². The molecule has 5 nitrogen and oxygen atoms in total. The van der Waals surface area contributed by atoms with Gasteiger partial charge in [-0.3, -0.25) is 9.59 Å². The molecule has 24 heavy (non-hydrogen) atoms. The summed E-state index contributed by atoms with van der Waals surface area (Å²) in [6.45, 7) is 0. The molecule has 4 rings (SSSR count). The zero-order valence-electron chi connectivity index (χ0n) is 12.6. The summed E-state index contributed by atoms with van der Waals surface area (Å²) in [6.07, 6.45) is 2.02. The summed E-state index contributed by atoms with van der Waals surface area (Å²) in [7, 11) is 0. The molecule has 1 saturated heterocycles. The van der Waals surface area contributed by atoms with E-state index in [9.17, 15) is 9.59 Å². The number of amides is 2. The third kappa shape index (κ3) is 2.59. The van der Waals surface area contributed by atoms with Crippen molar-refractivity contribution in [2.24, 2.45) is 0 Å². The normalized spacial score (nSPS) is 17.7.